The fraction of sp³-hybridized carbons (Fsp3) is 0.200. The van der Waals surface area contributed by atoms with Crippen molar-refractivity contribution in [3.63, 3.8) is 0 Å². The largest absolute Gasteiger partial charge is 0.345 e. The summed E-state index contributed by atoms with van der Waals surface area (Å²) in [5.74, 6) is 0. The molecule has 3 heteroatoms. The van der Waals surface area contributed by atoms with E-state index in [1.54, 1.807) is 0 Å². The molecule has 0 amide bonds. The molecule has 0 saturated carbocycles. The molecule has 18 heavy (non-hydrogen) atoms. The zero-order valence-electron chi connectivity index (χ0n) is 9.75. The average Bonchev–Trinajstić information content (AvgIpc) is 2.90. The summed E-state index contributed by atoms with van der Waals surface area (Å²) in [7, 11) is 0. The lowest BCUT2D eigenvalue weighted by molar-refractivity contribution is -0.0607. The molecule has 1 fully saturated rings. The van der Waals surface area contributed by atoms with Crippen molar-refractivity contribution >= 4 is 11.6 Å². The molecule has 2 aromatic rings. The molecular weight excluding hydrogens is 248 g/mol. The van der Waals surface area contributed by atoms with E-state index in [-0.39, 0.29) is 12.4 Å². The molecule has 2 aromatic carbocycles. The molecule has 2 nitrogen and oxygen atoms in total. The third-order valence-electron chi connectivity index (χ3n) is 3.00. The lowest BCUT2D eigenvalue weighted by atomic mass is 10.1. The van der Waals surface area contributed by atoms with Crippen molar-refractivity contribution in [3.05, 3.63) is 70.7 Å². The Morgan fingerprint density at radius 1 is 0.889 bits per heavy atom. The fourth-order valence-electron chi connectivity index (χ4n) is 2.04. The first-order valence-electron chi connectivity index (χ1n) is 5.90. The van der Waals surface area contributed by atoms with Crippen molar-refractivity contribution < 1.29 is 9.47 Å². The number of rotatable bonds is 2. The maximum absolute atomic E-state index is 5.91. The van der Waals surface area contributed by atoms with E-state index < -0.39 is 0 Å². The van der Waals surface area contributed by atoms with Gasteiger partial charge in [-0.1, -0.05) is 54.1 Å². The Bertz CT molecular complexity index is 510. The highest BCUT2D eigenvalue weighted by molar-refractivity contribution is 6.30. The van der Waals surface area contributed by atoms with Gasteiger partial charge in [-0.05, 0) is 17.7 Å². The monoisotopic (exact) mass is 260 g/mol. The van der Waals surface area contributed by atoms with E-state index in [0.29, 0.717) is 6.61 Å². The molecule has 1 aliphatic rings. The molecule has 0 spiro atoms. The summed E-state index contributed by atoms with van der Waals surface area (Å²) in [4.78, 5) is 0. The number of halogens is 1. The van der Waals surface area contributed by atoms with Crippen molar-refractivity contribution in [1.29, 1.82) is 0 Å². The Balaban J connectivity index is 1.74. The second-order valence-electron chi connectivity index (χ2n) is 4.25. The second-order valence-corrected chi connectivity index (χ2v) is 4.69. The summed E-state index contributed by atoms with van der Waals surface area (Å²) in [5, 5.41) is 0.734. The Hall–Kier alpha value is -1.35. The first kappa shape index (κ1) is 11.7. The molecule has 0 radical (unpaired) electrons. The van der Waals surface area contributed by atoms with Gasteiger partial charge in [0.15, 0.2) is 6.29 Å². The van der Waals surface area contributed by atoms with Crippen molar-refractivity contribution in [2.45, 2.75) is 12.4 Å². The van der Waals surface area contributed by atoms with Crippen molar-refractivity contribution in [2.75, 3.05) is 6.61 Å². The molecule has 0 bridgehead atoms. The summed E-state index contributed by atoms with van der Waals surface area (Å²) >= 11 is 5.87. The number of ether oxygens (including phenoxy) is 2. The Labute approximate surface area is 111 Å². The van der Waals surface area contributed by atoms with Crippen LogP contribution in [0.5, 0.6) is 0 Å². The molecule has 0 aliphatic carbocycles. The maximum Gasteiger partial charge on any atom is 0.184 e. The quantitative estimate of drug-likeness (QED) is 0.808. The van der Waals surface area contributed by atoms with Gasteiger partial charge in [-0.3, -0.25) is 0 Å². The first-order valence-corrected chi connectivity index (χ1v) is 6.28. The van der Waals surface area contributed by atoms with E-state index in [1.807, 2.05) is 54.6 Å². The predicted molar refractivity (Wildman–Crippen MR) is 70.4 cm³/mol. The van der Waals surface area contributed by atoms with Crippen LogP contribution < -0.4 is 0 Å². The molecule has 0 N–H and O–H groups in total. The van der Waals surface area contributed by atoms with E-state index in [0.717, 1.165) is 16.1 Å². The molecule has 1 aliphatic heterocycles. The summed E-state index contributed by atoms with van der Waals surface area (Å²) in [5.41, 5.74) is 2.15. The first-order chi connectivity index (χ1) is 8.83. The van der Waals surface area contributed by atoms with Gasteiger partial charge < -0.3 is 9.47 Å². The fourth-order valence-corrected chi connectivity index (χ4v) is 2.17. The van der Waals surface area contributed by atoms with E-state index in [4.69, 9.17) is 21.1 Å². The van der Waals surface area contributed by atoms with Crippen LogP contribution in [0.15, 0.2) is 54.6 Å². The summed E-state index contributed by atoms with van der Waals surface area (Å²) in [6, 6.07) is 17.7. The van der Waals surface area contributed by atoms with E-state index in [2.05, 4.69) is 0 Å². The van der Waals surface area contributed by atoms with Gasteiger partial charge in [0.25, 0.3) is 0 Å². The highest BCUT2D eigenvalue weighted by atomic mass is 35.5. The van der Waals surface area contributed by atoms with Crippen molar-refractivity contribution in [2.24, 2.45) is 0 Å². The second kappa shape index (κ2) is 5.11. The minimum atomic E-state index is -0.271. The normalized spacial score (nSPS) is 23.2. The van der Waals surface area contributed by atoms with Crippen LogP contribution in [0.1, 0.15) is 23.5 Å². The van der Waals surface area contributed by atoms with Crippen LogP contribution in [0.2, 0.25) is 5.02 Å². The van der Waals surface area contributed by atoms with Crippen LogP contribution in [0, 0.1) is 0 Å². The molecule has 92 valence electrons. The van der Waals surface area contributed by atoms with Gasteiger partial charge in [0.1, 0.15) is 6.10 Å². The summed E-state index contributed by atoms with van der Waals surface area (Å²) in [6.45, 7) is 0.571. The average molecular weight is 261 g/mol. The zero-order chi connectivity index (χ0) is 12.4. The third kappa shape index (κ3) is 2.41. The van der Waals surface area contributed by atoms with Gasteiger partial charge in [0.05, 0.1) is 6.61 Å². The smallest absolute Gasteiger partial charge is 0.184 e. The van der Waals surface area contributed by atoms with Crippen LogP contribution in [0.25, 0.3) is 0 Å². The van der Waals surface area contributed by atoms with Crippen LogP contribution in [-0.2, 0) is 9.47 Å². The molecule has 0 aromatic heterocycles. The predicted octanol–water partition coefficient (Wildman–Crippen LogP) is 4.13. The van der Waals surface area contributed by atoms with Crippen molar-refractivity contribution in [1.82, 2.24) is 0 Å². The molecule has 1 heterocycles. The van der Waals surface area contributed by atoms with E-state index in [9.17, 15) is 0 Å². The lowest BCUT2D eigenvalue weighted by Gasteiger charge is -2.11. The topological polar surface area (TPSA) is 18.5 Å². The molecule has 1 unspecified atom stereocenters. The highest BCUT2D eigenvalue weighted by Gasteiger charge is 2.28. The standard InChI is InChI=1S/C15H13ClO2/c16-13-8-6-11(7-9-13)14-10-17-15(18-14)12-4-2-1-3-5-12/h1-9,14-15H,10H2/t14-,15?/m1/s1. The Morgan fingerprint density at radius 2 is 1.61 bits per heavy atom. The van der Waals surface area contributed by atoms with Gasteiger partial charge in [-0.2, -0.15) is 0 Å². The van der Waals surface area contributed by atoms with Gasteiger partial charge in [-0.25, -0.2) is 0 Å². The minimum absolute atomic E-state index is 0.0209. The molecular formula is C15H13ClO2. The molecule has 1 saturated heterocycles. The maximum atomic E-state index is 5.91. The van der Waals surface area contributed by atoms with Crippen molar-refractivity contribution in [3.8, 4) is 0 Å². The Kier molecular flexibility index (Phi) is 3.33. The van der Waals surface area contributed by atoms with Gasteiger partial charge in [-0.15, -0.1) is 0 Å². The van der Waals surface area contributed by atoms with Gasteiger partial charge >= 0.3 is 0 Å². The van der Waals surface area contributed by atoms with Crippen LogP contribution in [0.3, 0.4) is 0 Å². The van der Waals surface area contributed by atoms with Crippen LogP contribution >= 0.6 is 11.6 Å². The SMILES string of the molecule is Clc1ccc([C@H]2COC(c3ccccc3)O2)cc1. The van der Waals surface area contributed by atoms with Crippen LogP contribution in [-0.4, -0.2) is 6.61 Å². The highest BCUT2D eigenvalue weighted by Crippen LogP contribution is 2.35. The lowest BCUT2D eigenvalue weighted by Crippen LogP contribution is -2.00. The van der Waals surface area contributed by atoms with E-state index >= 15 is 0 Å². The zero-order valence-corrected chi connectivity index (χ0v) is 10.5. The van der Waals surface area contributed by atoms with E-state index in [1.165, 1.54) is 0 Å². The summed E-state index contributed by atoms with van der Waals surface area (Å²) < 4.78 is 11.6. The van der Waals surface area contributed by atoms with Crippen LogP contribution in [0.4, 0.5) is 0 Å². The summed E-state index contributed by atoms with van der Waals surface area (Å²) in [6.07, 6.45) is -0.292. The van der Waals surface area contributed by atoms with Gasteiger partial charge in [0.2, 0.25) is 0 Å². The Morgan fingerprint density at radius 3 is 2.33 bits per heavy atom. The number of hydrogen-bond donors (Lipinski definition) is 0. The molecule has 2 atom stereocenters. The number of hydrogen-bond acceptors (Lipinski definition) is 2. The third-order valence-corrected chi connectivity index (χ3v) is 3.25. The minimum Gasteiger partial charge on any atom is -0.345 e. The number of benzene rings is 2. The molecule has 3 rings (SSSR count). The van der Waals surface area contributed by atoms with Gasteiger partial charge in [0, 0.05) is 10.6 Å².